The number of hydrogen-bond acceptors (Lipinski definition) is 30. The van der Waals surface area contributed by atoms with Crippen LogP contribution in [0.2, 0.25) is 12.1 Å². The van der Waals surface area contributed by atoms with Crippen molar-refractivity contribution in [2.75, 3.05) is 122 Å². The molecule has 7 N–H and O–H groups in total. The van der Waals surface area contributed by atoms with Gasteiger partial charge < -0.3 is 93.8 Å². The number of rotatable bonds is 48. The summed E-state index contributed by atoms with van der Waals surface area (Å²) in [7, 11) is -11.6. The lowest BCUT2D eigenvalue weighted by atomic mass is 10.2. The van der Waals surface area contributed by atoms with Gasteiger partial charge in [0, 0.05) is 107 Å². The average molecular weight is 1520 g/mol. The maximum atomic E-state index is 11.3. The van der Waals surface area contributed by atoms with E-state index < -0.39 is 85.1 Å². The molecule has 0 spiro atoms. The first-order valence-corrected chi connectivity index (χ1v) is 38.1. The summed E-state index contributed by atoms with van der Waals surface area (Å²) < 4.78 is 127. The molecular weight excluding hydrogens is 1420 g/mol. The first-order chi connectivity index (χ1) is 45.1. The van der Waals surface area contributed by atoms with Crippen molar-refractivity contribution in [1.82, 2.24) is 0 Å². The highest BCUT2D eigenvalue weighted by Crippen LogP contribution is 2.36. The SMILES string of the molecule is C=C(C)C(=O)OCCC[Si](OC)(OC)OC.C=C(C)C(=O)OCCOC(=O)CCCCCOP(=O)(O)O.C=C(C)C(=O)OCCOC(=O)CCCCCO[P+](=O)O.C=C(C)C(=O)OCCOP(=O)(O)O.C=CC(=O)OCCC[Si](OC)(OC)OC.C=CC(=O)OCCOP(=O)(O)O. The van der Waals surface area contributed by atoms with Gasteiger partial charge in [-0.1, -0.05) is 52.3 Å². The molecule has 0 fully saturated rings. The number of esters is 8. The standard InChI is InChI=1S/C12H21O8P.C12H19O7P.C10H20O5Si.C9H18O5Si.C6H11O6P.C5H9O6P/c1-10(2)12(14)19-9-8-18-11(13)6-4-3-5-7-20-21(15,16)17;1-10(2)12(14)18-9-8-17-11(13)6-4-3-5-7-19-20(15)16;1-9(2)10(11)15-7-6-8-16(12-3,13-4)14-5;1-5-9(10)14-7-6-8-15(11-2,12-3)13-4;1-5(2)6(7)11-3-4-12-13(8,9)10;1-2-5(6)10-3-4-11-12(7,8)9/h1,3-9H2,2H3,(H2,15,16,17);1,3-9H2,2H3;1,6-8H2,2-5H3;5H,1,6-8H2,2-4H3;1,3-4H2,2H3,(H2,8,9,10);2H,1,3-4H2,(H2,7,8,9)/p+1. The van der Waals surface area contributed by atoms with E-state index in [-0.39, 0.29) is 102 Å². The summed E-state index contributed by atoms with van der Waals surface area (Å²) in [5.41, 5.74) is 1.19. The Kier molecular flexibility index (Phi) is 66.7. The number of phosphoric ester groups is 3. The van der Waals surface area contributed by atoms with Gasteiger partial charge in [0.1, 0.15) is 46.2 Å². The Morgan fingerprint density at radius 3 is 0.918 bits per heavy atom. The van der Waals surface area contributed by atoms with Crippen LogP contribution in [0.25, 0.3) is 0 Å². The van der Waals surface area contributed by atoms with Crippen LogP contribution in [0.4, 0.5) is 0 Å². The van der Waals surface area contributed by atoms with Gasteiger partial charge in [-0.2, -0.15) is 0 Å². The number of hydrogen-bond donors (Lipinski definition) is 7. The van der Waals surface area contributed by atoms with E-state index in [0.29, 0.717) is 87.8 Å². The Morgan fingerprint density at radius 1 is 0.371 bits per heavy atom. The van der Waals surface area contributed by atoms with Gasteiger partial charge in [-0.05, 0) is 66.2 Å². The average Bonchev–Trinajstić information content (AvgIpc) is 1.28. The molecule has 97 heavy (non-hydrogen) atoms. The van der Waals surface area contributed by atoms with E-state index in [1.807, 2.05) is 0 Å². The van der Waals surface area contributed by atoms with E-state index in [2.05, 4.69) is 67.0 Å². The second-order valence-corrected chi connectivity index (χ2v) is 28.9. The zero-order chi connectivity index (χ0) is 76.1. The van der Waals surface area contributed by atoms with Crippen molar-refractivity contribution in [2.24, 2.45) is 0 Å². The predicted molar refractivity (Wildman–Crippen MR) is 346 cm³/mol. The highest BCUT2D eigenvalue weighted by Gasteiger charge is 2.38. The van der Waals surface area contributed by atoms with Gasteiger partial charge >= 0.3 is 97.1 Å². The molecule has 43 heteroatoms. The molecule has 0 aliphatic heterocycles. The summed E-state index contributed by atoms with van der Waals surface area (Å²) in [6.07, 6.45) is 7.24. The van der Waals surface area contributed by atoms with Gasteiger partial charge in [0.2, 0.25) is 0 Å². The van der Waals surface area contributed by atoms with Crippen molar-refractivity contribution in [3.63, 3.8) is 0 Å². The van der Waals surface area contributed by atoms with Crippen LogP contribution in [0, 0.1) is 0 Å². The fraction of sp³-hybridized carbons (Fsp3) is 0.630. The Hall–Kier alpha value is -5.26. The highest BCUT2D eigenvalue weighted by molar-refractivity contribution is 7.46. The smallest absolute Gasteiger partial charge is 0.463 e. The van der Waals surface area contributed by atoms with Crippen LogP contribution in [0.3, 0.4) is 0 Å². The summed E-state index contributed by atoms with van der Waals surface area (Å²) in [5, 5.41) is 0. The highest BCUT2D eigenvalue weighted by atomic mass is 31.2. The van der Waals surface area contributed by atoms with Crippen molar-refractivity contribution in [1.29, 1.82) is 0 Å². The molecule has 0 aromatic carbocycles. The summed E-state index contributed by atoms with van der Waals surface area (Å²) in [5.74, 6) is -3.91. The molecule has 1 unspecified atom stereocenters. The fourth-order valence-corrected chi connectivity index (χ4v) is 10.0. The molecule has 0 aliphatic rings. The Labute approximate surface area is 568 Å². The van der Waals surface area contributed by atoms with Crippen molar-refractivity contribution < 1.29 is 173 Å². The quantitative estimate of drug-likeness (QED) is 0.00974. The minimum absolute atomic E-state index is 0.00875. The van der Waals surface area contributed by atoms with Gasteiger partial charge in [0.05, 0.1) is 33.0 Å². The van der Waals surface area contributed by atoms with E-state index in [9.17, 15) is 56.6 Å². The molecule has 37 nitrogen and oxygen atoms in total. The summed E-state index contributed by atoms with van der Waals surface area (Å²) in [6.45, 7) is 25.8. The van der Waals surface area contributed by atoms with Crippen LogP contribution < -0.4 is 0 Å². The Morgan fingerprint density at radius 2 is 0.629 bits per heavy atom. The molecule has 0 saturated heterocycles. The summed E-state index contributed by atoms with van der Waals surface area (Å²) >= 11 is 0. The molecule has 0 aromatic rings. The minimum atomic E-state index is -4.46. The van der Waals surface area contributed by atoms with Gasteiger partial charge in [0.15, 0.2) is 0 Å². The minimum Gasteiger partial charge on any atom is -0.463 e. The topological polar surface area (TPSA) is 513 Å². The van der Waals surface area contributed by atoms with Crippen molar-refractivity contribution >= 4 is 97.1 Å². The number of phosphoric acid groups is 3. The van der Waals surface area contributed by atoms with Crippen LogP contribution in [0.1, 0.15) is 91.9 Å². The van der Waals surface area contributed by atoms with Crippen LogP contribution in [-0.4, -0.2) is 222 Å². The Bertz CT molecular complexity index is 2490. The molecule has 0 bridgehead atoms. The maximum absolute atomic E-state index is 11.3. The van der Waals surface area contributed by atoms with E-state index in [0.717, 1.165) is 12.2 Å². The first-order valence-electron chi connectivity index (χ1n) is 28.5. The molecule has 0 aliphatic carbocycles. The second-order valence-electron chi connectivity index (χ2n) is 18.3. The third-order valence-electron chi connectivity index (χ3n) is 10.2. The monoisotopic (exact) mass is 1520 g/mol. The van der Waals surface area contributed by atoms with Crippen LogP contribution >= 0.6 is 31.7 Å². The number of carbonyl (C=O) groups is 8. The maximum Gasteiger partial charge on any atom is 0.694 e. The number of carbonyl (C=O) groups excluding carboxylic acids is 8. The van der Waals surface area contributed by atoms with Crippen molar-refractivity contribution in [3.8, 4) is 0 Å². The first kappa shape index (κ1) is 103. The molecule has 1 atom stereocenters. The molecule has 0 radical (unpaired) electrons. The van der Waals surface area contributed by atoms with Gasteiger partial charge in [-0.3, -0.25) is 23.2 Å². The molecule has 0 amide bonds. The Balaban J connectivity index is -0.000000259. The molecule has 564 valence electrons. The number of unbranched alkanes of at least 4 members (excludes halogenated alkanes) is 4. The molecular formula is C54H99O37P4Si2+. The zero-order valence-electron chi connectivity index (χ0n) is 56.5. The van der Waals surface area contributed by atoms with Gasteiger partial charge in [0.25, 0.3) is 0 Å². The van der Waals surface area contributed by atoms with Gasteiger partial charge in [-0.25, -0.2) is 42.5 Å². The van der Waals surface area contributed by atoms with Crippen LogP contribution in [-0.2, 0) is 139 Å². The van der Waals surface area contributed by atoms with E-state index in [1.54, 1.807) is 49.6 Å². The molecule has 0 aromatic heterocycles. The largest absolute Gasteiger partial charge is 0.694 e. The van der Waals surface area contributed by atoms with E-state index in [1.165, 1.54) is 20.8 Å². The second kappa shape index (κ2) is 63.0. The van der Waals surface area contributed by atoms with E-state index >= 15 is 0 Å². The molecule has 0 saturated carbocycles. The lowest BCUT2D eigenvalue weighted by Gasteiger charge is -2.24. The normalized spacial score (nSPS) is 11.0. The van der Waals surface area contributed by atoms with Gasteiger partial charge in [-0.15, -0.1) is 9.42 Å². The van der Waals surface area contributed by atoms with Crippen molar-refractivity contribution in [3.05, 3.63) is 73.9 Å². The van der Waals surface area contributed by atoms with Crippen LogP contribution in [0.15, 0.2) is 73.9 Å². The van der Waals surface area contributed by atoms with Crippen molar-refractivity contribution in [2.45, 2.75) is 104 Å². The lowest BCUT2D eigenvalue weighted by molar-refractivity contribution is -0.150. The zero-order valence-corrected chi connectivity index (χ0v) is 62.1. The number of ether oxygens (including phenoxy) is 8. The summed E-state index contributed by atoms with van der Waals surface area (Å²) in [4.78, 5) is 145. The van der Waals surface area contributed by atoms with Crippen LogP contribution in [0.5, 0.6) is 0 Å². The lowest BCUT2D eigenvalue weighted by Crippen LogP contribution is -2.42. The summed E-state index contributed by atoms with van der Waals surface area (Å²) in [6, 6.07) is 1.22. The van der Waals surface area contributed by atoms with E-state index in [4.69, 9.17) is 89.2 Å². The molecule has 0 rings (SSSR count). The predicted octanol–water partition coefficient (Wildman–Crippen LogP) is 5.59. The molecule has 0 heterocycles. The fourth-order valence-electron chi connectivity index (χ4n) is 5.37. The third kappa shape index (κ3) is 74.8. The third-order valence-corrected chi connectivity index (χ3v) is 17.8.